The summed E-state index contributed by atoms with van der Waals surface area (Å²) in [5, 5.41) is 12.7. The summed E-state index contributed by atoms with van der Waals surface area (Å²) < 4.78 is 6.83. The zero-order valence-corrected chi connectivity index (χ0v) is 17.1. The first-order valence-electron chi connectivity index (χ1n) is 8.30. The average molecular weight is 457 g/mol. The van der Waals surface area contributed by atoms with Crippen LogP contribution in [-0.2, 0) is 11.2 Å². The molecule has 0 spiro atoms. The maximum absolute atomic E-state index is 11.2. The first kappa shape index (κ1) is 19.5. The zero-order chi connectivity index (χ0) is 18.5. The van der Waals surface area contributed by atoms with Crippen LogP contribution in [0.1, 0.15) is 22.9 Å². The molecule has 138 valence electrons. The van der Waals surface area contributed by atoms with Crippen molar-refractivity contribution in [2.24, 2.45) is 0 Å². The average Bonchev–Trinajstić information content (AvgIpc) is 3.11. The molecule has 2 aromatic rings. The van der Waals surface area contributed by atoms with Crippen molar-refractivity contribution in [3.8, 4) is 5.75 Å². The Morgan fingerprint density at radius 3 is 2.81 bits per heavy atom. The van der Waals surface area contributed by atoms with Gasteiger partial charge in [0.05, 0.1) is 16.5 Å². The van der Waals surface area contributed by atoms with E-state index in [-0.39, 0.29) is 5.37 Å². The molecule has 0 amide bonds. The van der Waals surface area contributed by atoms with E-state index >= 15 is 0 Å². The third kappa shape index (κ3) is 4.94. The lowest BCUT2D eigenvalue weighted by molar-refractivity contribution is -0.138. The molecule has 0 bridgehead atoms. The van der Waals surface area contributed by atoms with E-state index in [2.05, 4.69) is 33.4 Å². The standard InChI is InChI=1S/C19H19BrClNO3S/c20-15-10-13(21)9-14(18-22-16(11-26-18)19(23)24)17(15)25-8-4-7-12-5-2-1-3-6-12/h1-3,5-6,9-10,16,18,22H,4,7-8,11H2,(H,23,24). The topological polar surface area (TPSA) is 58.6 Å². The van der Waals surface area contributed by atoms with Gasteiger partial charge in [-0.15, -0.1) is 11.8 Å². The van der Waals surface area contributed by atoms with Gasteiger partial charge in [0, 0.05) is 16.3 Å². The summed E-state index contributed by atoms with van der Waals surface area (Å²) in [5.41, 5.74) is 2.15. The van der Waals surface area contributed by atoms with Crippen LogP contribution >= 0.6 is 39.3 Å². The molecular weight excluding hydrogens is 438 g/mol. The van der Waals surface area contributed by atoms with Gasteiger partial charge in [-0.2, -0.15) is 0 Å². The van der Waals surface area contributed by atoms with Crippen molar-refractivity contribution in [1.82, 2.24) is 5.32 Å². The molecule has 2 N–H and O–H groups in total. The molecule has 0 aromatic heterocycles. The van der Waals surface area contributed by atoms with E-state index in [1.54, 1.807) is 17.8 Å². The predicted octanol–water partition coefficient (Wildman–Crippen LogP) is 4.90. The van der Waals surface area contributed by atoms with Gasteiger partial charge >= 0.3 is 5.97 Å². The van der Waals surface area contributed by atoms with Crippen molar-refractivity contribution in [2.75, 3.05) is 12.4 Å². The number of aliphatic carboxylic acids is 1. The molecule has 0 aliphatic carbocycles. The zero-order valence-electron chi connectivity index (χ0n) is 14.0. The number of carboxylic acid groups (broad SMARTS) is 1. The molecular formula is C19H19BrClNO3S. The van der Waals surface area contributed by atoms with Crippen LogP contribution in [0.4, 0.5) is 0 Å². The van der Waals surface area contributed by atoms with E-state index < -0.39 is 12.0 Å². The highest BCUT2D eigenvalue weighted by Crippen LogP contribution is 2.42. The van der Waals surface area contributed by atoms with Gasteiger partial charge < -0.3 is 9.84 Å². The van der Waals surface area contributed by atoms with Crippen molar-refractivity contribution in [3.63, 3.8) is 0 Å². The van der Waals surface area contributed by atoms with Crippen LogP contribution in [0, 0.1) is 0 Å². The molecule has 1 aliphatic heterocycles. The fraction of sp³-hybridized carbons (Fsp3) is 0.316. The van der Waals surface area contributed by atoms with E-state index in [0.717, 1.165) is 28.6 Å². The molecule has 0 radical (unpaired) electrons. The first-order chi connectivity index (χ1) is 12.5. The van der Waals surface area contributed by atoms with Crippen LogP contribution in [-0.4, -0.2) is 29.5 Å². The number of benzene rings is 2. The third-order valence-electron chi connectivity index (χ3n) is 4.10. The van der Waals surface area contributed by atoms with Crippen molar-refractivity contribution < 1.29 is 14.6 Å². The van der Waals surface area contributed by atoms with E-state index in [9.17, 15) is 9.90 Å². The molecule has 3 rings (SSSR count). The monoisotopic (exact) mass is 455 g/mol. The van der Waals surface area contributed by atoms with Gasteiger partial charge in [-0.3, -0.25) is 10.1 Å². The highest BCUT2D eigenvalue weighted by atomic mass is 79.9. The molecule has 7 heteroatoms. The lowest BCUT2D eigenvalue weighted by atomic mass is 10.1. The van der Waals surface area contributed by atoms with Crippen molar-refractivity contribution in [1.29, 1.82) is 0 Å². The quantitative estimate of drug-likeness (QED) is 0.580. The number of carbonyl (C=O) groups is 1. The van der Waals surface area contributed by atoms with Gasteiger partial charge in [-0.05, 0) is 46.5 Å². The van der Waals surface area contributed by atoms with Gasteiger partial charge in [0.2, 0.25) is 0 Å². The van der Waals surface area contributed by atoms with Gasteiger partial charge in [0.25, 0.3) is 0 Å². The van der Waals surface area contributed by atoms with Crippen LogP contribution in [0.5, 0.6) is 5.75 Å². The molecule has 1 heterocycles. The number of aryl methyl sites for hydroxylation is 1. The first-order valence-corrected chi connectivity index (χ1v) is 10.5. The number of carboxylic acids is 1. The Morgan fingerprint density at radius 1 is 1.35 bits per heavy atom. The Morgan fingerprint density at radius 2 is 2.12 bits per heavy atom. The Kier molecular flexibility index (Phi) is 6.86. The summed E-state index contributed by atoms with van der Waals surface area (Å²) in [7, 11) is 0. The van der Waals surface area contributed by atoms with Crippen LogP contribution in [0.3, 0.4) is 0 Å². The van der Waals surface area contributed by atoms with Crippen LogP contribution in [0.15, 0.2) is 46.9 Å². The molecule has 1 fully saturated rings. The fourth-order valence-corrected chi connectivity index (χ4v) is 5.00. The number of rotatable bonds is 7. The smallest absolute Gasteiger partial charge is 0.321 e. The Hall–Kier alpha value is -1.21. The minimum atomic E-state index is -0.841. The number of ether oxygens (including phenoxy) is 1. The largest absolute Gasteiger partial charge is 0.492 e. The van der Waals surface area contributed by atoms with Gasteiger partial charge in [0.15, 0.2) is 0 Å². The number of nitrogens with one attached hydrogen (secondary N) is 1. The summed E-state index contributed by atoms with van der Waals surface area (Å²) >= 11 is 11.3. The molecule has 2 atom stereocenters. The van der Waals surface area contributed by atoms with Crippen LogP contribution in [0.2, 0.25) is 5.02 Å². The van der Waals surface area contributed by atoms with E-state index in [0.29, 0.717) is 17.4 Å². The third-order valence-corrected chi connectivity index (χ3v) is 6.16. The number of hydrogen-bond donors (Lipinski definition) is 2. The summed E-state index contributed by atoms with van der Waals surface area (Å²) in [6.07, 6.45) is 1.83. The number of thioether (sulfide) groups is 1. The highest BCUT2D eigenvalue weighted by Gasteiger charge is 2.32. The summed E-state index contributed by atoms with van der Waals surface area (Å²) in [5.74, 6) is 0.391. The lowest BCUT2D eigenvalue weighted by Crippen LogP contribution is -2.33. The van der Waals surface area contributed by atoms with Crippen molar-refractivity contribution in [3.05, 3.63) is 63.1 Å². The summed E-state index contributed by atoms with van der Waals surface area (Å²) in [4.78, 5) is 11.2. The van der Waals surface area contributed by atoms with Crippen molar-refractivity contribution in [2.45, 2.75) is 24.3 Å². The summed E-state index contributed by atoms with van der Waals surface area (Å²) in [6.45, 7) is 0.571. The highest BCUT2D eigenvalue weighted by molar-refractivity contribution is 9.10. The van der Waals surface area contributed by atoms with Crippen molar-refractivity contribution >= 4 is 45.3 Å². The van der Waals surface area contributed by atoms with E-state index in [1.165, 1.54) is 5.56 Å². The van der Waals surface area contributed by atoms with Crippen LogP contribution in [0.25, 0.3) is 0 Å². The molecule has 0 saturated carbocycles. The van der Waals surface area contributed by atoms with E-state index in [4.69, 9.17) is 16.3 Å². The fourth-order valence-electron chi connectivity index (χ4n) is 2.82. The Labute approximate surface area is 170 Å². The van der Waals surface area contributed by atoms with Gasteiger partial charge in [-0.25, -0.2) is 0 Å². The Balaban J connectivity index is 1.67. The normalized spacial score (nSPS) is 19.5. The summed E-state index contributed by atoms with van der Waals surface area (Å²) in [6, 6.07) is 13.4. The van der Waals surface area contributed by atoms with Crippen LogP contribution < -0.4 is 10.1 Å². The maximum atomic E-state index is 11.2. The number of halogens is 2. The predicted molar refractivity (Wildman–Crippen MR) is 109 cm³/mol. The molecule has 2 aromatic carbocycles. The molecule has 2 unspecified atom stereocenters. The maximum Gasteiger partial charge on any atom is 0.321 e. The minimum Gasteiger partial charge on any atom is -0.492 e. The molecule has 4 nitrogen and oxygen atoms in total. The van der Waals surface area contributed by atoms with Gasteiger partial charge in [0.1, 0.15) is 11.8 Å². The number of hydrogen-bond acceptors (Lipinski definition) is 4. The Bertz CT molecular complexity index is 775. The second-order valence-electron chi connectivity index (χ2n) is 6.01. The van der Waals surface area contributed by atoms with Gasteiger partial charge in [-0.1, -0.05) is 41.9 Å². The molecule has 1 aliphatic rings. The SMILES string of the molecule is O=C(O)C1CSC(c2cc(Cl)cc(Br)c2OCCCc2ccccc2)N1. The van der Waals surface area contributed by atoms with E-state index in [1.807, 2.05) is 24.3 Å². The molecule has 26 heavy (non-hydrogen) atoms. The second kappa shape index (κ2) is 9.13. The molecule has 1 saturated heterocycles. The second-order valence-corrected chi connectivity index (χ2v) is 8.44. The lowest BCUT2D eigenvalue weighted by Gasteiger charge is -2.18. The minimum absolute atomic E-state index is 0.157.